The van der Waals surface area contributed by atoms with E-state index in [2.05, 4.69) is 21.5 Å². The first kappa shape index (κ1) is 11.4. The highest BCUT2D eigenvalue weighted by Gasteiger charge is 2.15. The molecule has 0 aromatic carbocycles. The molecular weight excluding hydrogens is 194 g/mol. The maximum absolute atomic E-state index is 11.3. The van der Waals surface area contributed by atoms with Crippen LogP contribution in [0.3, 0.4) is 0 Å². The average molecular weight is 208 g/mol. The summed E-state index contributed by atoms with van der Waals surface area (Å²) in [4.78, 5) is 18.9. The number of aromatic nitrogens is 2. The minimum atomic E-state index is -0.463. The van der Waals surface area contributed by atoms with Gasteiger partial charge in [-0.15, -0.1) is 0 Å². The molecule has 1 radical (unpaired) electrons. The second-order valence-electron chi connectivity index (χ2n) is 3.97. The number of esters is 1. The number of rotatable bonds is 3. The Balaban J connectivity index is 2.35. The van der Waals surface area contributed by atoms with Crippen molar-refractivity contribution in [3.63, 3.8) is 0 Å². The van der Waals surface area contributed by atoms with Gasteiger partial charge in [0.15, 0.2) is 0 Å². The van der Waals surface area contributed by atoms with Crippen LogP contribution in [-0.4, -0.2) is 28.1 Å². The molecule has 1 aromatic heterocycles. The number of hydrogen-bond acceptors (Lipinski definition) is 5. The van der Waals surface area contributed by atoms with E-state index < -0.39 is 5.60 Å². The Morgan fingerprint density at radius 3 is 2.87 bits per heavy atom. The van der Waals surface area contributed by atoms with Crippen LogP contribution in [0.4, 0.5) is 5.82 Å². The van der Waals surface area contributed by atoms with E-state index in [4.69, 9.17) is 4.74 Å². The van der Waals surface area contributed by atoms with Gasteiger partial charge < -0.3 is 10.1 Å². The van der Waals surface area contributed by atoms with Crippen molar-refractivity contribution >= 4 is 11.8 Å². The van der Waals surface area contributed by atoms with E-state index in [1.54, 1.807) is 0 Å². The summed E-state index contributed by atoms with van der Waals surface area (Å²) in [7, 11) is 0. The van der Waals surface area contributed by atoms with Crippen molar-refractivity contribution < 1.29 is 9.53 Å². The third-order valence-corrected chi connectivity index (χ3v) is 1.36. The summed E-state index contributed by atoms with van der Waals surface area (Å²) in [5.74, 6) is 0.205. The van der Waals surface area contributed by atoms with Crippen LogP contribution in [0.15, 0.2) is 12.4 Å². The third kappa shape index (κ3) is 4.95. The standard InChI is InChI=1S/C10H14N3O2/c1-10(2,3)15-9(14)7-13-8-6-11-4-5-12-8/h5-6H,7H2,1-3H3,(H,12,13). The van der Waals surface area contributed by atoms with Crippen molar-refractivity contribution in [1.82, 2.24) is 9.97 Å². The first-order chi connectivity index (χ1) is 6.97. The van der Waals surface area contributed by atoms with Gasteiger partial charge in [0.2, 0.25) is 0 Å². The molecule has 0 bridgehead atoms. The van der Waals surface area contributed by atoms with Gasteiger partial charge in [0.1, 0.15) is 24.2 Å². The van der Waals surface area contributed by atoms with Crippen molar-refractivity contribution in [3.8, 4) is 0 Å². The van der Waals surface area contributed by atoms with Crippen LogP contribution in [0.1, 0.15) is 20.8 Å². The summed E-state index contributed by atoms with van der Waals surface area (Å²) in [5.41, 5.74) is -0.463. The summed E-state index contributed by atoms with van der Waals surface area (Å²) >= 11 is 0. The minimum Gasteiger partial charge on any atom is -0.459 e. The van der Waals surface area contributed by atoms with Crippen LogP contribution >= 0.6 is 0 Å². The van der Waals surface area contributed by atoms with Gasteiger partial charge in [0, 0.05) is 0 Å². The number of hydrogen-bond donors (Lipinski definition) is 1. The van der Waals surface area contributed by atoms with Crippen LogP contribution in [0, 0.1) is 6.20 Å². The number of nitrogens with zero attached hydrogens (tertiary/aromatic N) is 2. The smallest absolute Gasteiger partial charge is 0.325 e. The molecule has 0 aliphatic heterocycles. The lowest BCUT2D eigenvalue weighted by Crippen LogP contribution is -2.28. The lowest BCUT2D eigenvalue weighted by Gasteiger charge is -2.19. The Morgan fingerprint density at radius 1 is 1.60 bits per heavy atom. The van der Waals surface area contributed by atoms with Crippen molar-refractivity contribution in [2.45, 2.75) is 26.4 Å². The highest BCUT2D eigenvalue weighted by molar-refractivity contribution is 5.74. The maximum atomic E-state index is 11.3. The Bertz CT molecular complexity index is 319. The zero-order chi connectivity index (χ0) is 11.3. The molecule has 5 heteroatoms. The van der Waals surface area contributed by atoms with Crippen LogP contribution in [0.25, 0.3) is 0 Å². The molecule has 0 amide bonds. The highest BCUT2D eigenvalue weighted by atomic mass is 16.6. The Morgan fingerprint density at radius 2 is 2.33 bits per heavy atom. The largest absolute Gasteiger partial charge is 0.459 e. The van der Waals surface area contributed by atoms with Gasteiger partial charge in [0.25, 0.3) is 0 Å². The van der Waals surface area contributed by atoms with Gasteiger partial charge in [-0.1, -0.05) is 0 Å². The van der Waals surface area contributed by atoms with Crippen molar-refractivity contribution in [2.75, 3.05) is 11.9 Å². The predicted molar refractivity (Wildman–Crippen MR) is 55.2 cm³/mol. The maximum Gasteiger partial charge on any atom is 0.325 e. The molecular formula is C10H14N3O2. The van der Waals surface area contributed by atoms with Crippen LogP contribution in [0.2, 0.25) is 0 Å². The van der Waals surface area contributed by atoms with Gasteiger partial charge in [0.05, 0.1) is 12.4 Å². The molecule has 1 aromatic rings. The van der Waals surface area contributed by atoms with Crippen LogP contribution < -0.4 is 5.32 Å². The molecule has 0 saturated carbocycles. The molecule has 0 spiro atoms. The lowest BCUT2D eigenvalue weighted by molar-refractivity contribution is -0.152. The summed E-state index contributed by atoms with van der Waals surface area (Å²) < 4.78 is 5.10. The molecule has 0 atom stereocenters. The molecule has 1 heterocycles. The lowest BCUT2D eigenvalue weighted by atomic mass is 10.2. The SMILES string of the molecule is CC(C)(C)OC(=O)CNc1cn[c]cn1. The molecule has 0 saturated heterocycles. The first-order valence-electron chi connectivity index (χ1n) is 4.61. The quantitative estimate of drug-likeness (QED) is 0.751. The molecule has 15 heavy (non-hydrogen) atoms. The molecule has 0 unspecified atom stereocenters. The number of ether oxygens (including phenoxy) is 1. The first-order valence-corrected chi connectivity index (χ1v) is 4.61. The van der Waals surface area contributed by atoms with Gasteiger partial charge in [-0.25, -0.2) is 9.97 Å². The van der Waals surface area contributed by atoms with Gasteiger partial charge in [-0.3, -0.25) is 4.79 Å². The van der Waals surface area contributed by atoms with Crippen molar-refractivity contribution in [2.24, 2.45) is 0 Å². The number of carbonyl (C=O) groups excluding carboxylic acids is 1. The molecule has 0 fully saturated rings. The van der Waals surface area contributed by atoms with E-state index in [9.17, 15) is 4.79 Å². The molecule has 81 valence electrons. The summed E-state index contributed by atoms with van der Waals surface area (Å²) in [6.07, 6.45) is 5.46. The fourth-order valence-corrected chi connectivity index (χ4v) is 0.895. The van der Waals surface area contributed by atoms with Gasteiger partial charge in [-0.05, 0) is 20.8 Å². The normalized spacial score (nSPS) is 10.9. The van der Waals surface area contributed by atoms with E-state index in [0.717, 1.165) is 0 Å². The summed E-state index contributed by atoms with van der Waals surface area (Å²) in [6.45, 7) is 5.54. The Labute approximate surface area is 88.9 Å². The summed E-state index contributed by atoms with van der Waals surface area (Å²) in [6, 6.07) is 0. The molecule has 1 rings (SSSR count). The summed E-state index contributed by atoms with van der Waals surface area (Å²) in [5, 5.41) is 2.80. The van der Waals surface area contributed by atoms with Gasteiger partial charge in [-0.2, -0.15) is 0 Å². The zero-order valence-corrected chi connectivity index (χ0v) is 9.07. The van der Waals surface area contributed by atoms with Crippen molar-refractivity contribution in [1.29, 1.82) is 0 Å². The Kier molecular flexibility index (Phi) is 3.60. The predicted octanol–water partition coefficient (Wildman–Crippen LogP) is 1.03. The molecule has 0 aliphatic carbocycles. The van der Waals surface area contributed by atoms with Crippen LogP contribution in [0.5, 0.6) is 0 Å². The van der Waals surface area contributed by atoms with Gasteiger partial charge >= 0.3 is 5.97 Å². The second kappa shape index (κ2) is 4.72. The molecule has 0 aliphatic rings. The van der Waals surface area contributed by atoms with E-state index >= 15 is 0 Å². The number of anilines is 1. The topological polar surface area (TPSA) is 64.1 Å². The molecule has 1 N–H and O–H groups in total. The van der Waals surface area contributed by atoms with Crippen molar-refractivity contribution in [3.05, 3.63) is 18.6 Å². The van der Waals surface area contributed by atoms with E-state index in [1.807, 2.05) is 20.8 Å². The van der Waals surface area contributed by atoms with E-state index in [1.165, 1.54) is 12.4 Å². The average Bonchev–Trinajstić information content (AvgIpc) is 2.14. The van der Waals surface area contributed by atoms with E-state index in [0.29, 0.717) is 5.82 Å². The zero-order valence-electron chi connectivity index (χ0n) is 9.07. The van der Waals surface area contributed by atoms with Crippen LogP contribution in [-0.2, 0) is 9.53 Å². The fraction of sp³-hybridized carbons (Fsp3) is 0.500. The Hall–Kier alpha value is -1.65. The second-order valence-corrected chi connectivity index (χ2v) is 3.97. The van der Waals surface area contributed by atoms with E-state index in [-0.39, 0.29) is 12.5 Å². The fourth-order valence-electron chi connectivity index (χ4n) is 0.895. The minimum absolute atomic E-state index is 0.0793. The monoisotopic (exact) mass is 208 g/mol. The third-order valence-electron chi connectivity index (χ3n) is 1.36. The number of nitrogens with one attached hydrogen (secondary N) is 1. The number of carbonyl (C=O) groups is 1. The highest BCUT2D eigenvalue weighted by Crippen LogP contribution is 2.07. The molecule has 5 nitrogen and oxygen atoms in total.